The zero-order chi connectivity index (χ0) is 26.0. The second kappa shape index (κ2) is 8.49. The zero-order valence-corrected chi connectivity index (χ0v) is 20.7. The van der Waals surface area contributed by atoms with E-state index in [0.29, 0.717) is 29.1 Å². The largest absolute Gasteiger partial charge is 0.384 e. The van der Waals surface area contributed by atoms with Crippen molar-refractivity contribution in [3.63, 3.8) is 0 Å². The average molecular weight is 498 g/mol. The van der Waals surface area contributed by atoms with Gasteiger partial charge in [0.1, 0.15) is 29.7 Å². The summed E-state index contributed by atoms with van der Waals surface area (Å²) in [4.78, 5) is 17.3. The average Bonchev–Trinajstić information content (AvgIpc) is 3.40. The predicted molar refractivity (Wildman–Crippen MR) is 137 cm³/mol. The van der Waals surface area contributed by atoms with Gasteiger partial charge in [0.15, 0.2) is 0 Å². The van der Waals surface area contributed by atoms with Crippen LogP contribution < -0.4 is 11.1 Å². The van der Waals surface area contributed by atoms with Gasteiger partial charge in [0.05, 0.1) is 0 Å². The van der Waals surface area contributed by atoms with E-state index < -0.39 is 11.6 Å². The Kier molecular flexibility index (Phi) is 5.35. The molecule has 2 bridgehead atoms. The fraction of sp³-hybridized carbons (Fsp3) is 0.200. The van der Waals surface area contributed by atoms with Crippen molar-refractivity contribution in [3.8, 4) is 11.1 Å². The number of nitrogens with zero attached hydrogens (tertiary/aromatic N) is 1. The highest BCUT2D eigenvalue weighted by atomic mass is 19.1. The first-order chi connectivity index (χ1) is 17.7. The lowest BCUT2D eigenvalue weighted by molar-refractivity contribution is 0.0855. The van der Waals surface area contributed by atoms with Crippen LogP contribution in [0.1, 0.15) is 67.2 Å². The Morgan fingerprint density at radius 3 is 2.51 bits per heavy atom. The summed E-state index contributed by atoms with van der Waals surface area (Å²) in [6.45, 7) is 6.15. The van der Waals surface area contributed by atoms with Gasteiger partial charge in [-0.1, -0.05) is 12.1 Å². The second-order valence-corrected chi connectivity index (χ2v) is 9.77. The van der Waals surface area contributed by atoms with E-state index in [4.69, 9.17) is 10.5 Å². The van der Waals surface area contributed by atoms with Gasteiger partial charge in [0.2, 0.25) is 0 Å². The number of benzene rings is 3. The number of amides is 1. The monoisotopic (exact) mass is 497 g/mol. The van der Waals surface area contributed by atoms with Gasteiger partial charge in [-0.25, -0.2) is 13.8 Å². The predicted octanol–water partition coefficient (Wildman–Crippen LogP) is 5.99. The molecule has 37 heavy (non-hydrogen) atoms. The summed E-state index contributed by atoms with van der Waals surface area (Å²) in [6, 6.07) is 14.9. The Hall–Kier alpha value is -4.10. The van der Waals surface area contributed by atoms with Crippen LogP contribution in [0.2, 0.25) is 0 Å². The van der Waals surface area contributed by atoms with Crippen LogP contribution in [0.4, 0.5) is 14.6 Å². The molecule has 2 unspecified atom stereocenters. The first kappa shape index (κ1) is 23.3. The minimum atomic E-state index is -0.606. The van der Waals surface area contributed by atoms with Gasteiger partial charge in [-0.15, -0.1) is 0 Å². The Labute approximate surface area is 213 Å². The van der Waals surface area contributed by atoms with E-state index in [1.54, 1.807) is 12.1 Å². The Bertz CT molecular complexity index is 1590. The normalized spacial score (nSPS) is 17.0. The van der Waals surface area contributed by atoms with E-state index in [1.165, 1.54) is 12.1 Å². The van der Waals surface area contributed by atoms with Crippen molar-refractivity contribution in [2.24, 2.45) is 0 Å². The van der Waals surface area contributed by atoms with Crippen LogP contribution in [0.25, 0.3) is 11.1 Å². The number of aryl methyl sites for hydroxylation is 3. The summed E-state index contributed by atoms with van der Waals surface area (Å²) in [7, 11) is 0. The minimum absolute atomic E-state index is 0.180. The molecule has 6 rings (SSSR count). The van der Waals surface area contributed by atoms with E-state index in [9.17, 15) is 13.6 Å². The number of rotatable bonds is 4. The highest BCUT2D eigenvalue weighted by molar-refractivity contribution is 5.94. The van der Waals surface area contributed by atoms with Crippen LogP contribution in [0.5, 0.6) is 0 Å². The third-order valence-electron chi connectivity index (χ3n) is 7.39. The number of halogens is 2. The molecule has 7 heteroatoms. The summed E-state index contributed by atoms with van der Waals surface area (Å²) < 4.78 is 34.2. The maximum atomic E-state index is 14.5. The molecule has 1 aromatic heterocycles. The first-order valence-electron chi connectivity index (χ1n) is 12.1. The van der Waals surface area contributed by atoms with Crippen LogP contribution in [-0.2, 0) is 11.3 Å². The van der Waals surface area contributed by atoms with Crippen LogP contribution >= 0.6 is 0 Å². The fourth-order valence-electron chi connectivity index (χ4n) is 5.63. The molecule has 2 atom stereocenters. The molecular weight excluding hydrogens is 472 g/mol. The van der Waals surface area contributed by atoms with Crippen molar-refractivity contribution < 1.29 is 18.3 Å². The number of aromatic nitrogens is 1. The van der Waals surface area contributed by atoms with Gasteiger partial charge in [0, 0.05) is 29.4 Å². The highest BCUT2D eigenvalue weighted by Crippen LogP contribution is 2.56. The molecule has 0 spiro atoms. The lowest BCUT2D eigenvalue weighted by atomic mass is 9.81. The van der Waals surface area contributed by atoms with Gasteiger partial charge in [-0.2, -0.15) is 0 Å². The van der Waals surface area contributed by atoms with E-state index in [-0.39, 0.29) is 18.1 Å². The smallest absolute Gasteiger partial charge is 0.251 e. The number of carbonyl (C=O) groups is 1. The molecule has 3 aromatic carbocycles. The Balaban J connectivity index is 1.28. The topological polar surface area (TPSA) is 77.2 Å². The van der Waals surface area contributed by atoms with Gasteiger partial charge < -0.3 is 15.8 Å². The molecule has 2 aliphatic heterocycles. The Morgan fingerprint density at radius 1 is 0.946 bits per heavy atom. The first-order valence-corrected chi connectivity index (χ1v) is 12.1. The highest BCUT2D eigenvalue weighted by Gasteiger charge is 2.44. The maximum Gasteiger partial charge on any atom is 0.251 e. The lowest BCUT2D eigenvalue weighted by Gasteiger charge is -2.20. The standard InChI is InChI=1S/C30H25F2N3O2/c1-14-9-26(33)35-16(3)24(14)13-34-30(36)17-4-6-21-22(10-17)29-27-15(2)8-18(11-23(27)28(21)37-29)20-7-5-19(31)12-25(20)32/h4-12,28-29H,13H2,1-3H3,(H2,33,35)(H,34,36). The number of ether oxygens (including phenoxy) is 1. The van der Waals surface area contributed by atoms with Crippen LogP contribution in [0.15, 0.2) is 54.6 Å². The number of hydrogen-bond donors (Lipinski definition) is 2. The molecule has 0 fully saturated rings. The number of anilines is 1. The van der Waals surface area contributed by atoms with Gasteiger partial charge >= 0.3 is 0 Å². The SMILES string of the molecule is Cc1cc(N)nc(C)c1CNC(=O)c1ccc2c(c1)C1OC2c2cc(-c3ccc(F)cc3F)cc(C)c21. The third kappa shape index (κ3) is 3.78. The Morgan fingerprint density at radius 2 is 1.76 bits per heavy atom. The second-order valence-electron chi connectivity index (χ2n) is 9.77. The minimum Gasteiger partial charge on any atom is -0.384 e. The zero-order valence-electron chi connectivity index (χ0n) is 20.7. The number of nitrogen functional groups attached to an aromatic ring is 1. The van der Waals surface area contributed by atoms with Crippen LogP contribution in [-0.4, -0.2) is 10.9 Å². The molecule has 1 amide bonds. The van der Waals surface area contributed by atoms with Crippen LogP contribution in [0, 0.1) is 32.4 Å². The number of fused-ring (bicyclic) bond motifs is 8. The number of hydrogen-bond acceptors (Lipinski definition) is 4. The maximum absolute atomic E-state index is 14.5. The van der Waals surface area contributed by atoms with E-state index >= 15 is 0 Å². The molecule has 3 heterocycles. The fourth-order valence-corrected chi connectivity index (χ4v) is 5.63. The molecule has 0 saturated heterocycles. The number of nitrogens with one attached hydrogen (secondary N) is 1. The molecule has 186 valence electrons. The molecule has 2 aliphatic rings. The summed E-state index contributed by atoms with van der Waals surface area (Å²) in [6.07, 6.45) is -0.582. The summed E-state index contributed by atoms with van der Waals surface area (Å²) in [5.41, 5.74) is 15.1. The third-order valence-corrected chi connectivity index (χ3v) is 7.39. The summed E-state index contributed by atoms with van der Waals surface area (Å²) >= 11 is 0. The van der Waals surface area contributed by atoms with Gasteiger partial charge in [0.25, 0.3) is 5.91 Å². The molecule has 0 saturated carbocycles. The van der Waals surface area contributed by atoms with Crippen LogP contribution in [0.3, 0.4) is 0 Å². The number of nitrogens with two attached hydrogens (primary N) is 1. The van der Waals surface area contributed by atoms with Gasteiger partial charge in [-0.3, -0.25) is 4.79 Å². The molecule has 0 radical (unpaired) electrons. The van der Waals surface area contributed by atoms with Crippen molar-refractivity contribution >= 4 is 11.7 Å². The quantitative estimate of drug-likeness (QED) is 0.363. The van der Waals surface area contributed by atoms with Crippen molar-refractivity contribution in [1.82, 2.24) is 10.3 Å². The number of carbonyl (C=O) groups excluding carboxylic acids is 1. The lowest BCUT2D eigenvalue weighted by Crippen LogP contribution is -2.24. The molecule has 5 nitrogen and oxygen atoms in total. The number of pyridine rings is 1. The molecule has 3 N–H and O–H groups in total. The van der Waals surface area contributed by atoms with Gasteiger partial charge in [-0.05, 0) is 102 Å². The molecular formula is C30H25F2N3O2. The summed E-state index contributed by atoms with van der Waals surface area (Å²) in [5, 5.41) is 2.99. The van der Waals surface area contributed by atoms with Crippen molar-refractivity contribution in [2.45, 2.75) is 39.5 Å². The van der Waals surface area contributed by atoms with Crippen molar-refractivity contribution in [2.75, 3.05) is 5.73 Å². The van der Waals surface area contributed by atoms with Crippen molar-refractivity contribution in [3.05, 3.63) is 116 Å². The molecule has 4 aromatic rings. The van der Waals surface area contributed by atoms with E-state index in [1.807, 2.05) is 45.0 Å². The van der Waals surface area contributed by atoms with Crippen molar-refractivity contribution in [1.29, 1.82) is 0 Å². The van der Waals surface area contributed by atoms with E-state index in [2.05, 4.69) is 10.3 Å². The summed E-state index contributed by atoms with van der Waals surface area (Å²) in [5.74, 6) is -0.921. The van der Waals surface area contributed by atoms with E-state index in [0.717, 1.165) is 50.7 Å². The molecule has 0 aliphatic carbocycles.